The van der Waals surface area contributed by atoms with E-state index in [1.54, 1.807) is 0 Å². The minimum Gasteiger partial charge on any atom is -0.315 e. The highest BCUT2D eigenvalue weighted by molar-refractivity contribution is 4.74. The first kappa shape index (κ1) is 17.0. The van der Waals surface area contributed by atoms with Crippen LogP contribution >= 0.6 is 0 Å². The highest BCUT2D eigenvalue weighted by Gasteiger charge is 2.19. The van der Waals surface area contributed by atoms with E-state index in [1.807, 2.05) is 0 Å². The van der Waals surface area contributed by atoms with Gasteiger partial charge in [-0.25, -0.2) is 0 Å². The van der Waals surface area contributed by atoms with Gasteiger partial charge in [0.15, 0.2) is 0 Å². The Bertz CT molecular complexity index is 163. The van der Waals surface area contributed by atoms with Crippen molar-refractivity contribution in [2.75, 3.05) is 6.54 Å². The number of rotatable bonds is 11. The fraction of sp³-hybridized carbons (Fsp3) is 1.00. The van der Waals surface area contributed by atoms with E-state index >= 15 is 0 Å². The van der Waals surface area contributed by atoms with Crippen molar-refractivity contribution in [3.8, 4) is 0 Å². The third kappa shape index (κ3) is 10.8. The number of unbranched alkanes of at least 4 members (excludes halogenated alkanes) is 5. The first-order chi connectivity index (χ1) is 8.02. The van der Waals surface area contributed by atoms with Crippen LogP contribution in [-0.2, 0) is 0 Å². The van der Waals surface area contributed by atoms with Crippen molar-refractivity contribution in [3.05, 3.63) is 0 Å². The lowest BCUT2D eigenvalue weighted by Gasteiger charge is -2.28. The molecule has 0 aliphatic carbocycles. The van der Waals surface area contributed by atoms with E-state index in [9.17, 15) is 0 Å². The van der Waals surface area contributed by atoms with Crippen LogP contribution in [0.3, 0.4) is 0 Å². The molecule has 1 heteroatoms. The summed E-state index contributed by atoms with van der Waals surface area (Å²) in [6, 6.07) is 0.662. The van der Waals surface area contributed by atoms with Crippen molar-refractivity contribution in [1.82, 2.24) is 5.32 Å². The molecule has 0 spiro atoms. The molecule has 0 radical (unpaired) electrons. The van der Waals surface area contributed by atoms with Crippen molar-refractivity contribution in [2.24, 2.45) is 5.41 Å². The van der Waals surface area contributed by atoms with Crippen LogP contribution < -0.4 is 5.32 Å². The maximum absolute atomic E-state index is 3.52. The molecule has 0 saturated carbocycles. The van der Waals surface area contributed by atoms with Crippen molar-refractivity contribution < 1.29 is 0 Å². The Morgan fingerprint density at radius 3 is 2.12 bits per heavy atom. The Kier molecular flexibility index (Phi) is 9.91. The lowest BCUT2D eigenvalue weighted by Crippen LogP contribution is -2.31. The van der Waals surface area contributed by atoms with E-state index in [0.717, 1.165) is 6.54 Å². The van der Waals surface area contributed by atoms with Gasteiger partial charge in [-0.1, -0.05) is 66.2 Å². The second kappa shape index (κ2) is 9.94. The van der Waals surface area contributed by atoms with Crippen LogP contribution in [0.25, 0.3) is 0 Å². The molecule has 1 N–H and O–H groups in total. The first-order valence-corrected chi connectivity index (χ1v) is 7.75. The van der Waals surface area contributed by atoms with Gasteiger partial charge in [0.05, 0.1) is 0 Å². The number of hydrogen-bond acceptors (Lipinski definition) is 1. The lowest BCUT2D eigenvalue weighted by molar-refractivity contribution is 0.260. The van der Waals surface area contributed by atoms with Crippen LogP contribution in [0.5, 0.6) is 0 Å². The Hall–Kier alpha value is -0.0400. The van der Waals surface area contributed by atoms with Gasteiger partial charge in [0.2, 0.25) is 0 Å². The maximum atomic E-state index is 3.52. The predicted molar refractivity (Wildman–Crippen MR) is 79.5 cm³/mol. The second-order valence-corrected chi connectivity index (χ2v) is 6.34. The minimum atomic E-state index is 0.506. The van der Waals surface area contributed by atoms with Crippen LogP contribution in [0.2, 0.25) is 0 Å². The summed E-state index contributed by atoms with van der Waals surface area (Å²) < 4.78 is 0. The van der Waals surface area contributed by atoms with Crippen LogP contribution in [0.15, 0.2) is 0 Å². The number of hydrogen-bond donors (Lipinski definition) is 1. The third-order valence-corrected chi connectivity index (χ3v) is 3.62. The highest BCUT2D eigenvalue weighted by Crippen LogP contribution is 2.29. The zero-order valence-corrected chi connectivity index (χ0v) is 12.9. The average Bonchev–Trinajstić information content (AvgIpc) is 2.22. The predicted octanol–water partition coefficient (Wildman–Crippen LogP) is 5.15. The third-order valence-electron chi connectivity index (χ3n) is 3.62. The first-order valence-electron chi connectivity index (χ1n) is 7.75. The van der Waals surface area contributed by atoms with Gasteiger partial charge in [-0.2, -0.15) is 0 Å². The summed E-state index contributed by atoms with van der Waals surface area (Å²) in [5, 5.41) is 3.52. The van der Waals surface area contributed by atoms with Gasteiger partial charge in [-0.05, 0) is 31.7 Å². The van der Waals surface area contributed by atoms with Crippen molar-refractivity contribution in [2.45, 2.75) is 92.0 Å². The molecular weight excluding hydrogens is 206 g/mol. The minimum absolute atomic E-state index is 0.506. The molecule has 0 aromatic rings. The van der Waals surface area contributed by atoms with E-state index in [0.29, 0.717) is 11.5 Å². The molecule has 17 heavy (non-hydrogen) atoms. The summed E-state index contributed by atoms with van der Waals surface area (Å²) in [6.45, 7) is 12.7. The molecule has 0 rings (SSSR count). The van der Waals surface area contributed by atoms with Gasteiger partial charge >= 0.3 is 0 Å². The van der Waals surface area contributed by atoms with Crippen LogP contribution in [0.4, 0.5) is 0 Å². The van der Waals surface area contributed by atoms with E-state index in [1.165, 1.54) is 51.4 Å². The van der Waals surface area contributed by atoms with Gasteiger partial charge in [-0.15, -0.1) is 0 Å². The molecule has 1 unspecified atom stereocenters. The topological polar surface area (TPSA) is 12.0 Å². The molecule has 0 aromatic heterocycles. The van der Waals surface area contributed by atoms with Gasteiger partial charge in [0.25, 0.3) is 0 Å². The Morgan fingerprint density at radius 1 is 0.941 bits per heavy atom. The summed E-state index contributed by atoms with van der Waals surface area (Å²) in [6.07, 6.45) is 11.2. The van der Waals surface area contributed by atoms with Gasteiger partial charge < -0.3 is 5.32 Å². The summed E-state index contributed by atoms with van der Waals surface area (Å²) in [5.41, 5.74) is 0.506. The molecular formula is C16H35N. The molecule has 0 bridgehead atoms. The fourth-order valence-electron chi connectivity index (χ4n) is 2.74. The molecule has 1 atom stereocenters. The molecule has 0 aliphatic rings. The van der Waals surface area contributed by atoms with Gasteiger partial charge in [0.1, 0.15) is 0 Å². The van der Waals surface area contributed by atoms with E-state index < -0.39 is 0 Å². The molecule has 0 amide bonds. The van der Waals surface area contributed by atoms with E-state index in [2.05, 4.69) is 39.9 Å². The summed E-state index contributed by atoms with van der Waals surface area (Å²) in [7, 11) is 0. The van der Waals surface area contributed by atoms with Crippen LogP contribution in [0, 0.1) is 5.41 Å². The largest absolute Gasteiger partial charge is 0.315 e. The second-order valence-electron chi connectivity index (χ2n) is 6.34. The van der Waals surface area contributed by atoms with E-state index in [4.69, 9.17) is 0 Å². The zero-order valence-electron chi connectivity index (χ0n) is 12.9. The SMILES string of the molecule is CCCCCCCCC(C)(C)CC(C)NCC. The molecule has 104 valence electrons. The summed E-state index contributed by atoms with van der Waals surface area (Å²) in [4.78, 5) is 0. The Balaban J connectivity index is 3.56. The quantitative estimate of drug-likeness (QED) is 0.493. The summed E-state index contributed by atoms with van der Waals surface area (Å²) in [5.74, 6) is 0. The van der Waals surface area contributed by atoms with Crippen LogP contribution in [-0.4, -0.2) is 12.6 Å². The number of nitrogens with one attached hydrogen (secondary N) is 1. The normalized spacial score (nSPS) is 13.9. The smallest absolute Gasteiger partial charge is 0.00436 e. The van der Waals surface area contributed by atoms with E-state index in [-0.39, 0.29) is 0 Å². The zero-order chi connectivity index (χ0) is 13.1. The van der Waals surface area contributed by atoms with Crippen molar-refractivity contribution >= 4 is 0 Å². The molecule has 0 aliphatic heterocycles. The molecule has 0 fully saturated rings. The van der Waals surface area contributed by atoms with Crippen molar-refractivity contribution in [3.63, 3.8) is 0 Å². The van der Waals surface area contributed by atoms with Crippen molar-refractivity contribution in [1.29, 1.82) is 0 Å². The highest BCUT2D eigenvalue weighted by atomic mass is 14.9. The Labute approximate surface area is 110 Å². The Morgan fingerprint density at radius 2 is 1.53 bits per heavy atom. The average molecular weight is 241 g/mol. The maximum Gasteiger partial charge on any atom is 0.00436 e. The monoisotopic (exact) mass is 241 g/mol. The van der Waals surface area contributed by atoms with Gasteiger partial charge in [0, 0.05) is 6.04 Å². The fourth-order valence-corrected chi connectivity index (χ4v) is 2.74. The lowest BCUT2D eigenvalue weighted by atomic mass is 9.81. The molecule has 1 nitrogen and oxygen atoms in total. The molecule has 0 heterocycles. The summed E-state index contributed by atoms with van der Waals surface area (Å²) >= 11 is 0. The van der Waals surface area contributed by atoms with Gasteiger partial charge in [-0.3, -0.25) is 0 Å². The standard InChI is InChI=1S/C16H35N/c1-6-8-9-10-11-12-13-16(4,5)14-15(3)17-7-2/h15,17H,6-14H2,1-5H3. The molecule has 0 aromatic carbocycles. The molecule has 0 saturated heterocycles. The van der Waals surface area contributed by atoms with Crippen LogP contribution in [0.1, 0.15) is 86.0 Å².